The molecule has 8 nitrogen and oxygen atoms in total. The van der Waals surface area contributed by atoms with Gasteiger partial charge in [0, 0.05) is 23.6 Å². The smallest absolute Gasteiger partial charge is 0.254 e. The molecule has 0 saturated heterocycles. The average molecular weight is 477 g/mol. The summed E-state index contributed by atoms with van der Waals surface area (Å²) in [5.41, 5.74) is 1.97. The summed E-state index contributed by atoms with van der Waals surface area (Å²) in [5, 5.41) is 7.72. The van der Waals surface area contributed by atoms with Crippen LogP contribution >= 0.6 is 0 Å². The van der Waals surface area contributed by atoms with Gasteiger partial charge in [0.05, 0.1) is 11.4 Å². The maximum atomic E-state index is 13.3. The van der Waals surface area contributed by atoms with E-state index in [0.29, 0.717) is 29.4 Å². The summed E-state index contributed by atoms with van der Waals surface area (Å²) in [5.74, 6) is 1.21. The van der Waals surface area contributed by atoms with Gasteiger partial charge < -0.3 is 19.7 Å². The van der Waals surface area contributed by atoms with Crippen LogP contribution in [0.4, 0.5) is 5.82 Å². The molecule has 1 aliphatic heterocycles. The molecule has 0 spiro atoms. The number of aromatic nitrogens is 2. The van der Waals surface area contributed by atoms with Gasteiger partial charge in [0.15, 0.2) is 11.5 Å². The van der Waals surface area contributed by atoms with Gasteiger partial charge in [-0.25, -0.2) is 4.68 Å². The fourth-order valence-corrected chi connectivity index (χ4v) is 3.77. The second-order valence-electron chi connectivity index (χ2n) is 9.61. The molecular weight excluding hydrogens is 444 g/mol. The standard InChI is InChI=1S/C27H32N4O4/c1-5-6-14-30(26(33)19-12-13-21-22(15-19)35-18-34-21)17-25(32)28-24-16-23(27(2,3)4)29-31(24)20-10-8-7-9-11-20/h7-13,15-16H,5-6,14,17-18H2,1-4H3,(H,28,32). The summed E-state index contributed by atoms with van der Waals surface area (Å²) >= 11 is 0. The lowest BCUT2D eigenvalue weighted by molar-refractivity contribution is -0.117. The fourth-order valence-electron chi connectivity index (χ4n) is 3.77. The van der Waals surface area contributed by atoms with Gasteiger partial charge in [-0.1, -0.05) is 52.3 Å². The number of para-hydroxylation sites is 1. The highest BCUT2D eigenvalue weighted by Crippen LogP contribution is 2.33. The lowest BCUT2D eigenvalue weighted by atomic mass is 9.92. The molecule has 1 N–H and O–H groups in total. The van der Waals surface area contributed by atoms with E-state index in [4.69, 9.17) is 14.6 Å². The monoisotopic (exact) mass is 476 g/mol. The van der Waals surface area contributed by atoms with Crippen LogP contribution in [0.25, 0.3) is 5.69 Å². The summed E-state index contributed by atoms with van der Waals surface area (Å²) in [6.45, 7) is 8.82. The van der Waals surface area contributed by atoms with Crippen LogP contribution < -0.4 is 14.8 Å². The summed E-state index contributed by atoms with van der Waals surface area (Å²) in [7, 11) is 0. The Morgan fingerprint density at radius 3 is 2.51 bits per heavy atom. The maximum Gasteiger partial charge on any atom is 0.254 e. The zero-order chi connectivity index (χ0) is 25.0. The number of nitrogens with zero attached hydrogens (tertiary/aromatic N) is 3. The van der Waals surface area contributed by atoms with Crippen LogP contribution in [0.15, 0.2) is 54.6 Å². The zero-order valence-corrected chi connectivity index (χ0v) is 20.7. The highest BCUT2D eigenvalue weighted by atomic mass is 16.7. The van der Waals surface area contributed by atoms with E-state index in [1.807, 2.05) is 36.4 Å². The molecule has 2 amide bonds. The molecule has 35 heavy (non-hydrogen) atoms. The van der Waals surface area contributed by atoms with Crippen molar-refractivity contribution in [3.63, 3.8) is 0 Å². The fraction of sp³-hybridized carbons (Fsp3) is 0.370. The summed E-state index contributed by atoms with van der Waals surface area (Å²) in [6.07, 6.45) is 1.70. The van der Waals surface area contributed by atoms with Gasteiger partial charge in [-0.3, -0.25) is 9.59 Å². The van der Waals surface area contributed by atoms with Crippen molar-refractivity contribution in [1.82, 2.24) is 14.7 Å². The van der Waals surface area contributed by atoms with Gasteiger partial charge in [0.25, 0.3) is 5.91 Å². The minimum Gasteiger partial charge on any atom is -0.454 e. The Labute approximate surface area is 205 Å². The lowest BCUT2D eigenvalue weighted by Gasteiger charge is -2.22. The van der Waals surface area contributed by atoms with E-state index in [1.54, 1.807) is 27.8 Å². The van der Waals surface area contributed by atoms with Crippen molar-refractivity contribution in [3.05, 3.63) is 65.9 Å². The molecule has 0 radical (unpaired) electrons. The first-order valence-corrected chi connectivity index (χ1v) is 11.9. The first kappa shape index (κ1) is 24.3. The number of benzene rings is 2. The Hall–Kier alpha value is -3.81. The van der Waals surface area contributed by atoms with Gasteiger partial charge in [-0.15, -0.1) is 0 Å². The molecule has 0 saturated carbocycles. The van der Waals surface area contributed by atoms with E-state index in [0.717, 1.165) is 24.2 Å². The average Bonchev–Trinajstić information content (AvgIpc) is 3.48. The van der Waals surface area contributed by atoms with Crippen LogP contribution in [0.5, 0.6) is 11.5 Å². The van der Waals surface area contributed by atoms with Crippen molar-refractivity contribution in [2.45, 2.75) is 46.0 Å². The molecule has 0 atom stereocenters. The largest absolute Gasteiger partial charge is 0.454 e. The van der Waals surface area contributed by atoms with Crippen molar-refractivity contribution in [2.24, 2.45) is 0 Å². The van der Waals surface area contributed by atoms with E-state index in [2.05, 4.69) is 33.0 Å². The van der Waals surface area contributed by atoms with Crippen LogP contribution in [0.3, 0.4) is 0 Å². The number of hydrogen-bond donors (Lipinski definition) is 1. The van der Waals surface area contributed by atoms with Crippen molar-refractivity contribution >= 4 is 17.6 Å². The van der Waals surface area contributed by atoms with E-state index >= 15 is 0 Å². The van der Waals surface area contributed by atoms with E-state index in [9.17, 15) is 9.59 Å². The van der Waals surface area contributed by atoms with Gasteiger partial charge in [-0.05, 0) is 36.8 Å². The molecular formula is C27H32N4O4. The molecule has 184 valence electrons. The van der Waals surface area contributed by atoms with Crippen LogP contribution in [-0.2, 0) is 10.2 Å². The van der Waals surface area contributed by atoms with Crippen molar-refractivity contribution in [1.29, 1.82) is 0 Å². The number of anilines is 1. The summed E-state index contributed by atoms with van der Waals surface area (Å²) in [6, 6.07) is 16.6. The molecule has 0 bridgehead atoms. The van der Waals surface area contributed by atoms with Crippen LogP contribution in [-0.4, -0.2) is 46.4 Å². The van der Waals surface area contributed by atoms with Crippen molar-refractivity contribution in [3.8, 4) is 17.2 Å². The van der Waals surface area contributed by atoms with E-state index in [-0.39, 0.29) is 30.6 Å². The summed E-state index contributed by atoms with van der Waals surface area (Å²) < 4.78 is 12.5. The minimum absolute atomic E-state index is 0.0713. The number of rotatable bonds is 8. The normalized spacial score (nSPS) is 12.5. The highest BCUT2D eigenvalue weighted by molar-refractivity contribution is 5.99. The number of amides is 2. The third-order valence-electron chi connectivity index (χ3n) is 5.77. The van der Waals surface area contributed by atoms with Gasteiger partial charge in [0.2, 0.25) is 12.7 Å². The SMILES string of the molecule is CCCCN(CC(=O)Nc1cc(C(C)(C)C)nn1-c1ccccc1)C(=O)c1ccc2c(c1)OCO2. The number of fused-ring (bicyclic) bond motifs is 1. The minimum atomic E-state index is -0.285. The number of carbonyl (C=O) groups is 2. The molecule has 3 aromatic rings. The second-order valence-corrected chi connectivity index (χ2v) is 9.61. The molecule has 2 aromatic carbocycles. The van der Waals surface area contributed by atoms with Gasteiger partial charge >= 0.3 is 0 Å². The van der Waals surface area contributed by atoms with Crippen LogP contribution in [0.2, 0.25) is 0 Å². The number of ether oxygens (including phenoxy) is 2. The zero-order valence-electron chi connectivity index (χ0n) is 20.7. The Balaban J connectivity index is 1.55. The molecule has 2 heterocycles. The number of nitrogens with one attached hydrogen (secondary N) is 1. The Kier molecular flexibility index (Phi) is 7.10. The molecule has 1 aliphatic rings. The molecule has 4 rings (SSSR count). The summed E-state index contributed by atoms with van der Waals surface area (Å²) in [4.78, 5) is 28.0. The number of carbonyl (C=O) groups excluding carboxylic acids is 2. The van der Waals surface area contributed by atoms with Crippen LogP contribution in [0, 0.1) is 0 Å². The quantitative estimate of drug-likeness (QED) is 0.506. The lowest BCUT2D eigenvalue weighted by Crippen LogP contribution is -2.39. The molecule has 0 unspecified atom stereocenters. The molecule has 1 aromatic heterocycles. The van der Waals surface area contributed by atoms with E-state index in [1.165, 1.54) is 0 Å². The van der Waals surface area contributed by atoms with Crippen molar-refractivity contribution < 1.29 is 19.1 Å². The molecule has 8 heteroatoms. The van der Waals surface area contributed by atoms with Crippen LogP contribution in [0.1, 0.15) is 56.6 Å². The molecule has 0 aliphatic carbocycles. The second kappa shape index (κ2) is 10.2. The first-order chi connectivity index (χ1) is 16.8. The number of hydrogen-bond acceptors (Lipinski definition) is 5. The Bertz CT molecular complexity index is 1200. The van der Waals surface area contributed by atoms with Gasteiger partial charge in [-0.2, -0.15) is 5.10 Å². The third-order valence-corrected chi connectivity index (χ3v) is 5.77. The predicted octanol–water partition coefficient (Wildman–Crippen LogP) is 4.78. The maximum absolute atomic E-state index is 13.3. The first-order valence-electron chi connectivity index (χ1n) is 11.9. The van der Waals surface area contributed by atoms with E-state index < -0.39 is 0 Å². The Morgan fingerprint density at radius 2 is 1.80 bits per heavy atom. The highest BCUT2D eigenvalue weighted by Gasteiger charge is 2.24. The number of unbranched alkanes of at least 4 members (excludes halogenated alkanes) is 1. The Morgan fingerprint density at radius 1 is 1.06 bits per heavy atom. The predicted molar refractivity (Wildman–Crippen MR) is 134 cm³/mol. The molecule has 0 fully saturated rings. The topological polar surface area (TPSA) is 85.7 Å². The van der Waals surface area contributed by atoms with Crippen molar-refractivity contribution in [2.75, 3.05) is 25.2 Å². The third kappa shape index (κ3) is 5.65. The van der Waals surface area contributed by atoms with Gasteiger partial charge in [0.1, 0.15) is 12.4 Å².